The Balaban J connectivity index is 1.69. The Morgan fingerprint density at radius 2 is 1.54 bits per heavy atom. The second-order valence-electron chi connectivity index (χ2n) is 8.11. The molecule has 0 saturated carbocycles. The number of nitrogens with zero attached hydrogens (tertiary/aromatic N) is 2. The highest BCUT2D eigenvalue weighted by molar-refractivity contribution is 6.06. The molecule has 0 saturated heterocycles. The van der Waals surface area contributed by atoms with E-state index in [1.54, 1.807) is 54.6 Å². The van der Waals surface area contributed by atoms with Gasteiger partial charge in [0.25, 0.3) is 5.56 Å². The van der Waals surface area contributed by atoms with Crippen molar-refractivity contribution in [1.29, 1.82) is 0 Å². The predicted molar refractivity (Wildman–Crippen MR) is 135 cm³/mol. The van der Waals surface area contributed by atoms with Crippen LogP contribution in [0.15, 0.2) is 82.4 Å². The van der Waals surface area contributed by atoms with Gasteiger partial charge in [-0.3, -0.25) is 19.0 Å². The summed E-state index contributed by atoms with van der Waals surface area (Å²) in [7, 11) is 1.10. The Morgan fingerprint density at radius 1 is 0.865 bits per heavy atom. The van der Waals surface area contributed by atoms with Crippen LogP contribution in [0, 0.1) is 0 Å². The molecule has 3 aromatic carbocycles. The average Bonchev–Trinajstić information content (AvgIpc) is 2.92. The molecule has 10 nitrogen and oxygen atoms in total. The number of ketones is 1. The first kappa shape index (κ1) is 25.1. The van der Waals surface area contributed by atoms with Crippen molar-refractivity contribution in [3.05, 3.63) is 110 Å². The van der Waals surface area contributed by atoms with Crippen LogP contribution in [-0.4, -0.2) is 40.6 Å². The van der Waals surface area contributed by atoms with Gasteiger partial charge in [0.15, 0.2) is 6.61 Å². The Hall–Kier alpha value is -4.99. The number of benzene rings is 3. The fourth-order valence-corrected chi connectivity index (χ4v) is 3.91. The van der Waals surface area contributed by atoms with E-state index in [0.717, 1.165) is 17.1 Å². The number of ether oxygens (including phenoxy) is 2. The second-order valence-corrected chi connectivity index (χ2v) is 8.11. The molecule has 2 N–H and O–H groups in total. The van der Waals surface area contributed by atoms with Crippen LogP contribution in [0.2, 0.25) is 0 Å². The van der Waals surface area contributed by atoms with E-state index in [9.17, 15) is 24.0 Å². The van der Waals surface area contributed by atoms with Gasteiger partial charge in [0.1, 0.15) is 17.9 Å². The third-order valence-electron chi connectivity index (χ3n) is 5.79. The lowest BCUT2D eigenvalue weighted by atomic mass is 10.0. The van der Waals surface area contributed by atoms with Crippen molar-refractivity contribution in [2.75, 3.05) is 19.5 Å². The van der Waals surface area contributed by atoms with E-state index in [2.05, 4.69) is 4.74 Å². The first-order chi connectivity index (χ1) is 17.8. The number of rotatable bonds is 8. The van der Waals surface area contributed by atoms with E-state index < -0.39 is 53.5 Å². The van der Waals surface area contributed by atoms with Gasteiger partial charge < -0.3 is 15.2 Å². The molecule has 0 fully saturated rings. The van der Waals surface area contributed by atoms with Crippen molar-refractivity contribution in [1.82, 2.24) is 9.13 Å². The summed E-state index contributed by atoms with van der Waals surface area (Å²) >= 11 is 0. The van der Waals surface area contributed by atoms with Crippen molar-refractivity contribution in [2.24, 2.45) is 0 Å². The van der Waals surface area contributed by atoms with Crippen LogP contribution in [-0.2, 0) is 27.4 Å². The van der Waals surface area contributed by atoms with Gasteiger partial charge in [0, 0.05) is 0 Å². The van der Waals surface area contributed by atoms with Crippen LogP contribution in [0.25, 0.3) is 10.8 Å². The van der Waals surface area contributed by atoms with Crippen molar-refractivity contribution >= 4 is 34.3 Å². The molecule has 0 unspecified atom stereocenters. The topological polar surface area (TPSA) is 140 Å². The van der Waals surface area contributed by atoms with Crippen LogP contribution in [0.5, 0.6) is 0 Å². The van der Waals surface area contributed by atoms with Gasteiger partial charge in [-0.05, 0) is 22.4 Å². The molecule has 188 valence electrons. The fraction of sp³-hybridized carbons (Fsp3) is 0.148. The third kappa shape index (κ3) is 5.18. The first-order valence-electron chi connectivity index (χ1n) is 11.2. The SMILES string of the molecule is COC(=O)Cn1c(=O)c(C(=O)COC(=O)c2cccc3ccccc23)c(N)n(Cc2ccccc2)c1=O. The number of aromatic nitrogens is 2. The molecular weight excluding hydrogens is 478 g/mol. The summed E-state index contributed by atoms with van der Waals surface area (Å²) in [6.07, 6.45) is 0. The number of methoxy groups -OCH3 is 1. The zero-order valence-corrected chi connectivity index (χ0v) is 19.9. The molecule has 0 spiro atoms. The van der Waals surface area contributed by atoms with E-state index in [-0.39, 0.29) is 12.1 Å². The maximum atomic E-state index is 13.1. The Bertz CT molecular complexity index is 1620. The zero-order chi connectivity index (χ0) is 26.5. The summed E-state index contributed by atoms with van der Waals surface area (Å²) < 4.78 is 11.4. The van der Waals surface area contributed by atoms with Gasteiger partial charge in [-0.1, -0.05) is 66.7 Å². The van der Waals surface area contributed by atoms with E-state index in [1.807, 2.05) is 18.2 Å². The molecule has 0 radical (unpaired) electrons. The summed E-state index contributed by atoms with van der Waals surface area (Å²) in [6.45, 7) is -1.59. The number of hydrogen-bond donors (Lipinski definition) is 1. The van der Waals surface area contributed by atoms with Crippen LogP contribution >= 0.6 is 0 Å². The van der Waals surface area contributed by atoms with E-state index >= 15 is 0 Å². The molecule has 0 atom stereocenters. The molecule has 0 bridgehead atoms. The molecular formula is C27H23N3O7. The van der Waals surface area contributed by atoms with Crippen LogP contribution in [0.4, 0.5) is 5.82 Å². The Kier molecular flexibility index (Phi) is 7.28. The molecule has 4 aromatic rings. The van der Waals surface area contributed by atoms with Crippen molar-refractivity contribution in [3.63, 3.8) is 0 Å². The minimum Gasteiger partial charge on any atom is -0.468 e. The van der Waals surface area contributed by atoms with Gasteiger partial charge in [-0.2, -0.15) is 0 Å². The lowest BCUT2D eigenvalue weighted by Crippen LogP contribution is -2.46. The minimum atomic E-state index is -1.08. The zero-order valence-electron chi connectivity index (χ0n) is 19.9. The number of hydrogen-bond acceptors (Lipinski definition) is 8. The summed E-state index contributed by atoms with van der Waals surface area (Å²) in [6, 6.07) is 21.0. The number of esters is 2. The highest BCUT2D eigenvalue weighted by Crippen LogP contribution is 2.19. The molecule has 1 heterocycles. The molecule has 1 aromatic heterocycles. The van der Waals surface area contributed by atoms with Crippen molar-refractivity contribution in [3.8, 4) is 0 Å². The number of Topliss-reactive ketones (excluding diaryl/α,β-unsaturated/α-hetero) is 1. The van der Waals surface area contributed by atoms with Crippen LogP contribution in [0.3, 0.4) is 0 Å². The lowest BCUT2D eigenvalue weighted by molar-refractivity contribution is -0.141. The highest BCUT2D eigenvalue weighted by Gasteiger charge is 2.25. The van der Waals surface area contributed by atoms with Gasteiger partial charge in [0.2, 0.25) is 5.78 Å². The maximum absolute atomic E-state index is 13.1. The van der Waals surface area contributed by atoms with Crippen LogP contribution < -0.4 is 17.0 Å². The smallest absolute Gasteiger partial charge is 0.339 e. The average molecular weight is 501 g/mol. The minimum absolute atomic E-state index is 0.0664. The number of fused-ring (bicyclic) bond motifs is 1. The summed E-state index contributed by atoms with van der Waals surface area (Å²) in [5.74, 6) is -2.95. The molecule has 0 aliphatic carbocycles. The molecule has 4 rings (SSSR count). The normalized spacial score (nSPS) is 10.7. The molecule has 0 aliphatic rings. The van der Waals surface area contributed by atoms with Gasteiger partial charge in [0.05, 0.1) is 19.2 Å². The summed E-state index contributed by atoms with van der Waals surface area (Å²) in [5.41, 5.74) is 4.51. The second kappa shape index (κ2) is 10.7. The molecule has 37 heavy (non-hydrogen) atoms. The fourth-order valence-electron chi connectivity index (χ4n) is 3.91. The lowest BCUT2D eigenvalue weighted by Gasteiger charge is -2.16. The van der Waals surface area contributed by atoms with Gasteiger partial charge >= 0.3 is 17.6 Å². The third-order valence-corrected chi connectivity index (χ3v) is 5.79. The highest BCUT2D eigenvalue weighted by atomic mass is 16.5. The van der Waals surface area contributed by atoms with Crippen LogP contribution in [0.1, 0.15) is 26.3 Å². The summed E-state index contributed by atoms with van der Waals surface area (Å²) in [4.78, 5) is 63.9. The quantitative estimate of drug-likeness (QED) is 0.286. The number of nitrogen functional groups attached to an aromatic ring is 1. The molecule has 0 amide bonds. The summed E-state index contributed by atoms with van der Waals surface area (Å²) in [5, 5.41) is 1.45. The maximum Gasteiger partial charge on any atom is 0.339 e. The van der Waals surface area contributed by atoms with E-state index in [0.29, 0.717) is 15.5 Å². The first-order valence-corrected chi connectivity index (χ1v) is 11.2. The van der Waals surface area contributed by atoms with E-state index in [1.165, 1.54) is 0 Å². The van der Waals surface area contributed by atoms with Crippen molar-refractivity contribution < 1.29 is 23.9 Å². The number of carbonyl (C=O) groups excluding carboxylic acids is 3. The number of nitrogens with two attached hydrogens (primary N) is 1. The molecule has 0 aliphatic heterocycles. The monoisotopic (exact) mass is 501 g/mol. The Labute approximate surface area is 210 Å². The van der Waals surface area contributed by atoms with Gasteiger partial charge in [-0.15, -0.1) is 0 Å². The van der Waals surface area contributed by atoms with Gasteiger partial charge in [-0.25, -0.2) is 14.2 Å². The molecule has 10 heteroatoms. The largest absolute Gasteiger partial charge is 0.468 e. The predicted octanol–water partition coefficient (Wildman–Crippen LogP) is 2.01. The number of carbonyl (C=O) groups is 3. The Morgan fingerprint density at radius 3 is 2.27 bits per heavy atom. The number of anilines is 1. The van der Waals surface area contributed by atoms with E-state index in [4.69, 9.17) is 10.5 Å². The van der Waals surface area contributed by atoms with Crippen molar-refractivity contribution in [2.45, 2.75) is 13.1 Å². The standard InChI is InChI=1S/C27H23N3O7/c1-36-22(32)15-30-25(33)23(24(28)29(27(30)35)14-17-8-3-2-4-9-17)21(31)16-37-26(34)20-13-7-11-18-10-5-6-12-19(18)20/h2-13H,14-16,28H2,1H3.